The molecule has 2 heterocycles. The molecule has 0 aromatic heterocycles. The third-order valence-electron chi connectivity index (χ3n) is 7.42. The van der Waals surface area contributed by atoms with Gasteiger partial charge in [-0.3, -0.25) is 14.5 Å². The van der Waals surface area contributed by atoms with Gasteiger partial charge >= 0.3 is 0 Å². The molecule has 32 heavy (non-hydrogen) atoms. The summed E-state index contributed by atoms with van der Waals surface area (Å²) in [4.78, 5) is 29.4. The highest BCUT2D eigenvalue weighted by atomic mass is 19.1. The molecule has 2 amide bonds. The Morgan fingerprint density at radius 1 is 1.31 bits per heavy atom. The number of benzene rings is 1. The Morgan fingerprint density at radius 2 is 2.12 bits per heavy atom. The van der Waals surface area contributed by atoms with Crippen molar-refractivity contribution in [2.45, 2.75) is 69.6 Å². The smallest absolute Gasteiger partial charge is 0.248 e. The van der Waals surface area contributed by atoms with Crippen LogP contribution >= 0.6 is 0 Å². The molecule has 2 fully saturated rings. The van der Waals surface area contributed by atoms with Crippen molar-refractivity contribution >= 4 is 17.5 Å². The minimum atomic E-state index is -0.419. The minimum absolute atomic E-state index is 0.0184. The molecule has 2 N–H and O–H groups in total. The van der Waals surface area contributed by atoms with Gasteiger partial charge in [-0.1, -0.05) is 6.07 Å². The molecule has 1 aliphatic carbocycles. The molecule has 176 valence electrons. The van der Waals surface area contributed by atoms with Gasteiger partial charge in [-0.15, -0.1) is 0 Å². The van der Waals surface area contributed by atoms with Gasteiger partial charge in [-0.2, -0.15) is 0 Å². The first-order valence-electron chi connectivity index (χ1n) is 11.7. The molecule has 1 saturated heterocycles. The minimum Gasteiger partial charge on any atom is -0.375 e. The van der Waals surface area contributed by atoms with Crippen molar-refractivity contribution in [1.82, 2.24) is 15.1 Å². The van der Waals surface area contributed by atoms with Crippen LogP contribution < -0.4 is 10.6 Å². The van der Waals surface area contributed by atoms with Gasteiger partial charge in [-0.25, -0.2) is 4.39 Å². The van der Waals surface area contributed by atoms with Crippen LogP contribution in [0.25, 0.3) is 0 Å². The van der Waals surface area contributed by atoms with Crippen LogP contribution in [-0.2, 0) is 20.7 Å². The number of hydrogen-bond acceptors (Lipinski definition) is 5. The number of halogens is 1. The SMILES string of the molecule is COCC(=O)N(C)C1CCN([C@H]2CCC[C@@H](NC(=O)C3Cc4c(F)ccc(C)c4N3)C2)C1. The van der Waals surface area contributed by atoms with E-state index < -0.39 is 6.04 Å². The largest absolute Gasteiger partial charge is 0.375 e. The lowest BCUT2D eigenvalue weighted by Gasteiger charge is -2.36. The summed E-state index contributed by atoms with van der Waals surface area (Å²) in [5.41, 5.74) is 2.34. The molecule has 4 rings (SSSR count). The lowest BCUT2D eigenvalue weighted by molar-refractivity contribution is -0.135. The maximum atomic E-state index is 14.2. The van der Waals surface area contributed by atoms with E-state index >= 15 is 0 Å². The van der Waals surface area contributed by atoms with E-state index in [1.165, 1.54) is 6.07 Å². The highest BCUT2D eigenvalue weighted by Crippen LogP contribution is 2.32. The van der Waals surface area contributed by atoms with Gasteiger partial charge in [0.15, 0.2) is 0 Å². The molecule has 2 unspecified atom stereocenters. The number of fused-ring (bicyclic) bond motifs is 1. The third-order valence-corrected chi connectivity index (χ3v) is 7.42. The fourth-order valence-electron chi connectivity index (χ4n) is 5.50. The number of carbonyl (C=O) groups excluding carboxylic acids is 2. The maximum Gasteiger partial charge on any atom is 0.248 e. The zero-order valence-electron chi connectivity index (χ0n) is 19.3. The normalized spacial score (nSPS) is 27.6. The van der Waals surface area contributed by atoms with Crippen molar-refractivity contribution in [3.8, 4) is 0 Å². The summed E-state index contributed by atoms with van der Waals surface area (Å²) in [7, 11) is 3.40. The van der Waals surface area contributed by atoms with Crippen LogP contribution in [0.1, 0.15) is 43.2 Å². The molecule has 0 bridgehead atoms. The molecule has 1 aromatic rings. The highest BCUT2D eigenvalue weighted by molar-refractivity contribution is 5.88. The average molecular weight is 447 g/mol. The van der Waals surface area contributed by atoms with Crippen LogP contribution in [0.2, 0.25) is 0 Å². The second-order valence-electron chi connectivity index (χ2n) is 9.52. The Morgan fingerprint density at radius 3 is 2.88 bits per heavy atom. The predicted molar refractivity (Wildman–Crippen MR) is 121 cm³/mol. The van der Waals surface area contributed by atoms with Crippen LogP contribution in [0.5, 0.6) is 0 Å². The van der Waals surface area contributed by atoms with Crippen molar-refractivity contribution in [1.29, 1.82) is 0 Å². The summed E-state index contributed by atoms with van der Waals surface area (Å²) < 4.78 is 19.1. The summed E-state index contributed by atoms with van der Waals surface area (Å²) in [5, 5.41) is 6.45. The zero-order chi connectivity index (χ0) is 22.8. The number of anilines is 1. The van der Waals surface area contributed by atoms with Crippen molar-refractivity contribution < 1.29 is 18.7 Å². The Bertz CT molecular complexity index is 833. The zero-order valence-corrected chi connectivity index (χ0v) is 19.3. The van der Waals surface area contributed by atoms with Crippen molar-refractivity contribution in [3.63, 3.8) is 0 Å². The molecule has 7 nitrogen and oxygen atoms in total. The molecule has 2 aliphatic heterocycles. The van der Waals surface area contributed by atoms with Gasteiger partial charge in [0.05, 0.1) is 0 Å². The monoisotopic (exact) mass is 446 g/mol. The van der Waals surface area contributed by atoms with Gasteiger partial charge in [-0.05, 0) is 50.7 Å². The van der Waals surface area contributed by atoms with E-state index in [2.05, 4.69) is 15.5 Å². The van der Waals surface area contributed by atoms with E-state index in [0.29, 0.717) is 18.0 Å². The van der Waals surface area contributed by atoms with E-state index in [9.17, 15) is 14.0 Å². The average Bonchev–Trinajstić information content (AvgIpc) is 3.45. The second-order valence-corrected chi connectivity index (χ2v) is 9.52. The Hall–Kier alpha value is -2.19. The second kappa shape index (κ2) is 9.75. The lowest BCUT2D eigenvalue weighted by Crippen LogP contribution is -2.49. The van der Waals surface area contributed by atoms with E-state index in [1.54, 1.807) is 13.2 Å². The molecule has 0 spiro atoms. The molecule has 3 aliphatic rings. The summed E-state index contributed by atoms with van der Waals surface area (Å²) in [6.07, 6.45) is 5.43. The van der Waals surface area contributed by atoms with Crippen LogP contribution in [0.15, 0.2) is 12.1 Å². The first-order chi connectivity index (χ1) is 15.4. The van der Waals surface area contributed by atoms with Gasteiger partial charge < -0.3 is 20.3 Å². The number of hydrogen-bond donors (Lipinski definition) is 2. The number of likely N-dealkylation sites (tertiary alicyclic amines) is 1. The number of methoxy groups -OCH3 is 1. The molecule has 8 heteroatoms. The first-order valence-corrected chi connectivity index (χ1v) is 11.7. The van der Waals surface area contributed by atoms with Crippen LogP contribution in [0, 0.1) is 12.7 Å². The Kier molecular flexibility index (Phi) is 7.00. The molecule has 1 saturated carbocycles. The quantitative estimate of drug-likeness (QED) is 0.700. The first kappa shape index (κ1) is 23.0. The third kappa shape index (κ3) is 4.76. The van der Waals surface area contributed by atoms with Gasteiger partial charge in [0.25, 0.3) is 0 Å². The van der Waals surface area contributed by atoms with Crippen molar-refractivity contribution in [2.24, 2.45) is 0 Å². The van der Waals surface area contributed by atoms with E-state index in [-0.39, 0.29) is 36.3 Å². The number of likely N-dealkylation sites (N-methyl/N-ethyl adjacent to an activating group) is 1. The number of ether oxygens (including phenoxy) is 1. The van der Waals surface area contributed by atoms with E-state index in [0.717, 1.165) is 56.4 Å². The number of nitrogens with zero attached hydrogens (tertiary/aromatic N) is 2. The van der Waals surface area contributed by atoms with Gasteiger partial charge in [0.1, 0.15) is 18.5 Å². The van der Waals surface area contributed by atoms with Crippen LogP contribution in [0.4, 0.5) is 10.1 Å². The lowest BCUT2D eigenvalue weighted by atomic mass is 9.89. The van der Waals surface area contributed by atoms with E-state index in [4.69, 9.17) is 4.74 Å². The summed E-state index contributed by atoms with van der Waals surface area (Å²) in [6.45, 7) is 3.89. The standard InChI is InChI=1S/C24H35FN4O3/c1-15-7-8-20(25)19-12-21(27-23(15)19)24(31)26-16-5-4-6-17(11-16)29-10-9-18(13-29)28(2)22(30)14-32-3/h7-8,16-18,21,27H,4-6,9-14H2,1-3H3,(H,26,31)/t16-,17+,18?,21?/m1/s1. The van der Waals surface area contributed by atoms with E-state index in [1.807, 2.05) is 18.9 Å². The molecule has 4 atom stereocenters. The van der Waals surface area contributed by atoms with Gasteiger partial charge in [0, 0.05) is 63.0 Å². The number of rotatable bonds is 6. The molecule has 1 aromatic carbocycles. The fourth-order valence-corrected chi connectivity index (χ4v) is 5.50. The highest BCUT2D eigenvalue weighted by Gasteiger charge is 2.36. The predicted octanol–water partition coefficient (Wildman–Crippen LogP) is 2.08. The Labute approximate surface area is 189 Å². The summed E-state index contributed by atoms with van der Waals surface area (Å²) >= 11 is 0. The van der Waals surface area contributed by atoms with Crippen molar-refractivity contribution in [2.75, 3.05) is 39.2 Å². The number of nitrogens with one attached hydrogen (secondary N) is 2. The van der Waals surface area contributed by atoms with Crippen molar-refractivity contribution in [3.05, 3.63) is 29.1 Å². The number of amides is 2. The topological polar surface area (TPSA) is 73.9 Å². The van der Waals surface area contributed by atoms with Crippen LogP contribution in [0.3, 0.4) is 0 Å². The molecular formula is C24H35FN4O3. The van der Waals surface area contributed by atoms with Gasteiger partial charge in [0.2, 0.25) is 11.8 Å². The molecule has 0 radical (unpaired) electrons. The maximum absolute atomic E-state index is 14.2. The van der Waals surface area contributed by atoms with Crippen LogP contribution in [-0.4, -0.2) is 79.6 Å². The summed E-state index contributed by atoms with van der Waals surface area (Å²) in [6, 6.07) is 3.56. The fraction of sp³-hybridized carbons (Fsp3) is 0.667. The number of aryl methyl sites for hydroxylation is 1. The Balaban J connectivity index is 1.29. The molecular weight excluding hydrogens is 411 g/mol. The summed E-state index contributed by atoms with van der Waals surface area (Å²) in [5.74, 6) is -0.275. The number of carbonyl (C=O) groups is 2.